The van der Waals surface area contributed by atoms with E-state index in [0.717, 1.165) is 16.7 Å². The summed E-state index contributed by atoms with van der Waals surface area (Å²) in [5.74, 6) is -0.398. The lowest BCUT2D eigenvalue weighted by atomic mass is 9.98. The lowest BCUT2D eigenvalue weighted by molar-refractivity contribution is -0.146. The Morgan fingerprint density at radius 2 is 1.77 bits per heavy atom. The molecule has 3 N–H and O–H groups in total. The third kappa shape index (κ3) is 6.86. The van der Waals surface area contributed by atoms with E-state index in [9.17, 15) is 19.5 Å². The molecule has 188 valence electrons. The summed E-state index contributed by atoms with van der Waals surface area (Å²) in [5, 5.41) is 17.0. The van der Waals surface area contributed by atoms with Crippen LogP contribution in [-0.2, 0) is 16.0 Å². The number of thioether (sulfide) groups is 1. The van der Waals surface area contributed by atoms with Crippen LogP contribution in [0.2, 0.25) is 0 Å². The summed E-state index contributed by atoms with van der Waals surface area (Å²) in [7, 11) is 0. The summed E-state index contributed by atoms with van der Waals surface area (Å²) in [5.41, 5.74) is 2.77. The number of rotatable bonds is 7. The SMILES string of the molecule is Cc1cccc(C(=O)N[C@@H](Cc2ccccc2)[C@H](O)C(=O)N2CSC[C@H]2C(=O)NC(C)(C)C)c1C. The summed E-state index contributed by atoms with van der Waals surface area (Å²) in [6, 6.07) is 13.3. The van der Waals surface area contributed by atoms with Crippen molar-refractivity contribution in [2.45, 2.75) is 64.8 Å². The van der Waals surface area contributed by atoms with Crippen LogP contribution in [0.15, 0.2) is 48.5 Å². The van der Waals surface area contributed by atoms with Gasteiger partial charge in [0.25, 0.3) is 11.8 Å². The number of amides is 3. The van der Waals surface area contributed by atoms with Crippen molar-refractivity contribution in [2.24, 2.45) is 0 Å². The highest BCUT2D eigenvalue weighted by Gasteiger charge is 2.40. The van der Waals surface area contributed by atoms with Gasteiger partial charge in [0.05, 0.1) is 11.9 Å². The number of aryl methyl sites for hydroxylation is 1. The number of carbonyl (C=O) groups is 3. The highest BCUT2D eigenvalue weighted by atomic mass is 32.2. The number of carbonyl (C=O) groups excluding carboxylic acids is 3. The maximum absolute atomic E-state index is 13.4. The van der Waals surface area contributed by atoms with Gasteiger partial charge in [-0.2, -0.15) is 0 Å². The zero-order chi connectivity index (χ0) is 25.8. The van der Waals surface area contributed by atoms with Gasteiger partial charge < -0.3 is 20.6 Å². The molecule has 3 atom stereocenters. The Morgan fingerprint density at radius 1 is 1.09 bits per heavy atom. The molecule has 0 spiro atoms. The van der Waals surface area contributed by atoms with Crippen LogP contribution in [-0.4, -0.2) is 63.1 Å². The highest BCUT2D eigenvalue weighted by Crippen LogP contribution is 2.24. The maximum Gasteiger partial charge on any atom is 0.254 e. The predicted molar refractivity (Wildman–Crippen MR) is 139 cm³/mol. The standard InChI is InChI=1S/C27H35N3O4S/c1-17-10-9-13-20(18(17)2)24(32)28-21(14-19-11-7-6-8-12-19)23(31)26(34)30-16-35-15-22(30)25(33)29-27(3,4)5/h6-13,21-23,31H,14-16H2,1-5H3,(H,28,32)(H,29,33)/t21-,22-,23-/m0/s1. The molecule has 2 aromatic carbocycles. The zero-order valence-electron chi connectivity index (χ0n) is 21.0. The van der Waals surface area contributed by atoms with Crippen molar-refractivity contribution in [3.63, 3.8) is 0 Å². The molecule has 35 heavy (non-hydrogen) atoms. The number of benzene rings is 2. The fourth-order valence-electron chi connectivity index (χ4n) is 4.02. The van der Waals surface area contributed by atoms with Crippen molar-refractivity contribution in [1.82, 2.24) is 15.5 Å². The van der Waals surface area contributed by atoms with Gasteiger partial charge >= 0.3 is 0 Å². The van der Waals surface area contributed by atoms with Crippen molar-refractivity contribution in [1.29, 1.82) is 0 Å². The van der Waals surface area contributed by atoms with Gasteiger partial charge in [0.1, 0.15) is 6.04 Å². The predicted octanol–water partition coefficient (Wildman–Crippen LogP) is 2.82. The van der Waals surface area contributed by atoms with E-state index in [-0.39, 0.29) is 18.2 Å². The van der Waals surface area contributed by atoms with Crippen LogP contribution >= 0.6 is 11.8 Å². The Kier molecular flexibility index (Phi) is 8.61. The Bertz CT molecular complexity index is 1070. The normalized spacial score (nSPS) is 17.5. The fraction of sp³-hybridized carbons (Fsp3) is 0.444. The van der Waals surface area contributed by atoms with Crippen LogP contribution in [0.4, 0.5) is 0 Å². The second-order valence-corrected chi connectivity index (χ2v) is 11.0. The first-order chi connectivity index (χ1) is 16.5. The molecule has 1 fully saturated rings. The van der Waals surface area contributed by atoms with E-state index in [0.29, 0.717) is 17.2 Å². The quantitative estimate of drug-likeness (QED) is 0.546. The summed E-state index contributed by atoms with van der Waals surface area (Å²) in [4.78, 5) is 40.8. The highest BCUT2D eigenvalue weighted by molar-refractivity contribution is 7.99. The molecule has 1 aliphatic heterocycles. The molecule has 7 nitrogen and oxygen atoms in total. The number of nitrogens with zero attached hydrogens (tertiary/aromatic N) is 1. The first kappa shape index (κ1) is 26.8. The zero-order valence-corrected chi connectivity index (χ0v) is 21.8. The molecule has 0 aliphatic carbocycles. The van der Waals surface area contributed by atoms with E-state index in [1.807, 2.05) is 77.1 Å². The lowest BCUT2D eigenvalue weighted by Gasteiger charge is -2.31. The molecule has 8 heteroatoms. The minimum atomic E-state index is -1.51. The van der Waals surface area contributed by atoms with Gasteiger partial charge in [0, 0.05) is 16.9 Å². The number of hydrogen-bond acceptors (Lipinski definition) is 5. The summed E-state index contributed by atoms with van der Waals surface area (Å²) < 4.78 is 0. The second-order valence-electron chi connectivity index (χ2n) is 10.0. The smallest absolute Gasteiger partial charge is 0.254 e. The lowest BCUT2D eigenvalue weighted by Crippen LogP contribution is -2.57. The first-order valence-corrected chi connectivity index (χ1v) is 12.9. The molecule has 1 aliphatic rings. The van der Waals surface area contributed by atoms with Crippen LogP contribution in [0, 0.1) is 13.8 Å². The van der Waals surface area contributed by atoms with Crippen LogP contribution in [0.3, 0.4) is 0 Å². The molecule has 2 aromatic rings. The Balaban J connectivity index is 1.83. The minimum absolute atomic E-state index is 0.248. The van der Waals surface area contributed by atoms with Crippen LogP contribution in [0.5, 0.6) is 0 Å². The van der Waals surface area contributed by atoms with E-state index in [2.05, 4.69) is 10.6 Å². The number of aliphatic hydroxyl groups is 1. The van der Waals surface area contributed by atoms with Gasteiger partial charge in [-0.05, 0) is 63.8 Å². The van der Waals surface area contributed by atoms with Crippen molar-refractivity contribution in [3.8, 4) is 0 Å². The van der Waals surface area contributed by atoms with Gasteiger partial charge in [-0.3, -0.25) is 14.4 Å². The molecule has 1 saturated heterocycles. The second kappa shape index (κ2) is 11.3. The van der Waals surface area contributed by atoms with Crippen LogP contribution in [0.25, 0.3) is 0 Å². The molecule has 0 aromatic heterocycles. The van der Waals surface area contributed by atoms with Crippen LogP contribution in [0.1, 0.15) is 47.8 Å². The minimum Gasteiger partial charge on any atom is -0.381 e. The van der Waals surface area contributed by atoms with Crippen LogP contribution < -0.4 is 10.6 Å². The largest absolute Gasteiger partial charge is 0.381 e. The summed E-state index contributed by atoms with van der Waals surface area (Å²) >= 11 is 1.47. The van der Waals surface area contributed by atoms with Gasteiger partial charge in [-0.25, -0.2) is 0 Å². The molecular weight excluding hydrogens is 462 g/mol. The summed E-state index contributed by atoms with van der Waals surface area (Å²) in [6.07, 6.45) is -1.24. The molecule has 0 saturated carbocycles. The Labute approximate surface area is 211 Å². The molecule has 1 heterocycles. The average molecular weight is 498 g/mol. The average Bonchev–Trinajstić information content (AvgIpc) is 3.29. The molecule has 0 unspecified atom stereocenters. The topological polar surface area (TPSA) is 98.7 Å². The third-order valence-corrected chi connectivity index (χ3v) is 7.08. The monoisotopic (exact) mass is 497 g/mol. The van der Waals surface area contributed by atoms with Gasteiger partial charge in [-0.1, -0.05) is 42.5 Å². The Morgan fingerprint density at radius 3 is 2.43 bits per heavy atom. The third-order valence-electron chi connectivity index (χ3n) is 6.06. The van der Waals surface area contributed by atoms with E-state index in [1.54, 1.807) is 6.07 Å². The van der Waals surface area contributed by atoms with E-state index in [1.165, 1.54) is 16.7 Å². The van der Waals surface area contributed by atoms with E-state index in [4.69, 9.17) is 0 Å². The van der Waals surface area contributed by atoms with Crippen molar-refractivity contribution in [3.05, 3.63) is 70.8 Å². The molecule has 0 radical (unpaired) electrons. The summed E-state index contributed by atoms with van der Waals surface area (Å²) in [6.45, 7) is 9.45. The fourth-order valence-corrected chi connectivity index (χ4v) is 5.19. The van der Waals surface area contributed by atoms with Gasteiger partial charge in [-0.15, -0.1) is 11.8 Å². The molecule has 0 bridgehead atoms. The Hall–Kier alpha value is -2.84. The number of aliphatic hydroxyl groups excluding tert-OH is 1. The molecular formula is C27H35N3O4S. The van der Waals surface area contributed by atoms with Gasteiger partial charge in [0.15, 0.2) is 6.10 Å². The maximum atomic E-state index is 13.4. The number of nitrogens with one attached hydrogen (secondary N) is 2. The van der Waals surface area contributed by atoms with E-state index >= 15 is 0 Å². The van der Waals surface area contributed by atoms with Crippen molar-refractivity contribution in [2.75, 3.05) is 11.6 Å². The number of hydrogen-bond donors (Lipinski definition) is 3. The molecule has 3 amide bonds. The van der Waals surface area contributed by atoms with Gasteiger partial charge in [0.2, 0.25) is 5.91 Å². The van der Waals surface area contributed by atoms with Crippen molar-refractivity contribution < 1.29 is 19.5 Å². The first-order valence-electron chi connectivity index (χ1n) is 11.8. The molecule has 3 rings (SSSR count). The van der Waals surface area contributed by atoms with E-state index < -0.39 is 29.6 Å². The van der Waals surface area contributed by atoms with Crippen molar-refractivity contribution >= 4 is 29.5 Å².